The van der Waals surface area contributed by atoms with Crippen LogP contribution >= 0.6 is 43.5 Å². The number of anilines is 1. The summed E-state index contributed by atoms with van der Waals surface area (Å²) >= 11 is 11.7. The van der Waals surface area contributed by atoms with Crippen LogP contribution in [-0.2, 0) is 10.0 Å². The summed E-state index contributed by atoms with van der Waals surface area (Å²) in [6.45, 7) is 0. The van der Waals surface area contributed by atoms with E-state index >= 15 is 0 Å². The van der Waals surface area contributed by atoms with Crippen LogP contribution in [0.4, 0.5) is 10.1 Å². The summed E-state index contributed by atoms with van der Waals surface area (Å²) in [5.74, 6) is -1.91. The van der Waals surface area contributed by atoms with Crippen LogP contribution in [0.3, 0.4) is 0 Å². The molecule has 0 spiro atoms. The fourth-order valence-electron chi connectivity index (χ4n) is 1.74. The van der Waals surface area contributed by atoms with Crippen LogP contribution < -0.4 is 4.72 Å². The SMILES string of the molecule is O=C(O)c1cc(NS(=O)(=O)c2c(Br)cc(F)cc2Br)ccc1Cl. The first kappa shape index (κ1) is 18.2. The van der Waals surface area contributed by atoms with Gasteiger partial charge in [-0.05, 0) is 62.2 Å². The molecule has 122 valence electrons. The number of carboxylic acid groups (broad SMARTS) is 1. The van der Waals surface area contributed by atoms with Crippen molar-refractivity contribution in [2.75, 3.05) is 4.72 Å². The molecule has 2 aromatic rings. The Kier molecular flexibility index (Phi) is 5.34. The number of rotatable bonds is 4. The van der Waals surface area contributed by atoms with Gasteiger partial charge in [-0.1, -0.05) is 11.6 Å². The van der Waals surface area contributed by atoms with Gasteiger partial charge < -0.3 is 5.11 Å². The molecule has 0 amide bonds. The lowest BCUT2D eigenvalue weighted by Gasteiger charge is -2.12. The number of carbonyl (C=O) groups is 1. The molecule has 0 aliphatic heterocycles. The zero-order valence-corrected chi connectivity index (χ0v) is 15.7. The van der Waals surface area contributed by atoms with Crippen molar-refractivity contribution in [2.45, 2.75) is 4.90 Å². The van der Waals surface area contributed by atoms with Gasteiger partial charge in [-0.2, -0.15) is 0 Å². The van der Waals surface area contributed by atoms with E-state index in [9.17, 15) is 17.6 Å². The van der Waals surface area contributed by atoms with Crippen molar-refractivity contribution >= 4 is 65.1 Å². The number of aromatic carboxylic acids is 1. The summed E-state index contributed by atoms with van der Waals surface area (Å²) in [6.07, 6.45) is 0. The Morgan fingerprint density at radius 1 is 1.17 bits per heavy atom. The van der Waals surface area contributed by atoms with Crippen molar-refractivity contribution in [3.8, 4) is 0 Å². The number of halogens is 4. The van der Waals surface area contributed by atoms with Crippen molar-refractivity contribution in [3.63, 3.8) is 0 Å². The van der Waals surface area contributed by atoms with Crippen LogP contribution in [0.25, 0.3) is 0 Å². The largest absolute Gasteiger partial charge is 0.478 e. The van der Waals surface area contributed by atoms with Crippen LogP contribution in [0.2, 0.25) is 5.02 Å². The first-order valence-electron chi connectivity index (χ1n) is 5.82. The Balaban J connectivity index is 2.48. The van der Waals surface area contributed by atoms with E-state index in [4.69, 9.17) is 16.7 Å². The Bertz CT molecular complexity index is 882. The van der Waals surface area contributed by atoms with E-state index in [1.165, 1.54) is 12.1 Å². The van der Waals surface area contributed by atoms with Crippen molar-refractivity contribution in [2.24, 2.45) is 0 Å². The maximum atomic E-state index is 13.3. The zero-order valence-electron chi connectivity index (χ0n) is 11.0. The molecule has 0 fully saturated rings. The average molecular weight is 488 g/mol. The van der Waals surface area contributed by atoms with E-state index in [-0.39, 0.29) is 30.1 Å². The van der Waals surface area contributed by atoms with Gasteiger partial charge in [0.2, 0.25) is 0 Å². The summed E-state index contributed by atoms with van der Waals surface area (Å²) in [4.78, 5) is 10.8. The molecule has 10 heteroatoms. The van der Waals surface area contributed by atoms with Gasteiger partial charge in [-0.3, -0.25) is 4.72 Å². The lowest BCUT2D eigenvalue weighted by Crippen LogP contribution is -2.15. The van der Waals surface area contributed by atoms with Crippen LogP contribution in [0, 0.1) is 5.82 Å². The highest BCUT2D eigenvalue weighted by Crippen LogP contribution is 2.32. The minimum absolute atomic E-state index is 0.00919. The van der Waals surface area contributed by atoms with Gasteiger partial charge >= 0.3 is 5.97 Å². The third kappa shape index (κ3) is 4.03. The van der Waals surface area contributed by atoms with E-state index in [1.807, 2.05) is 0 Å². The Hall–Kier alpha value is -1.16. The number of benzene rings is 2. The molecule has 0 heterocycles. The summed E-state index contributed by atoms with van der Waals surface area (Å²) in [7, 11) is -4.09. The maximum Gasteiger partial charge on any atom is 0.337 e. The molecule has 0 radical (unpaired) electrons. The molecule has 5 nitrogen and oxygen atoms in total. The number of sulfonamides is 1. The highest BCUT2D eigenvalue weighted by atomic mass is 79.9. The van der Waals surface area contributed by atoms with Gasteiger partial charge in [0, 0.05) is 14.6 Å². The van der Waals surface area contributed by atoms with Crippen LogP contribution in [0.15, 0.2) is 44.2 Å². The van der Waals surface area contributed by atoms with Crippen molar-refractivity contribution in [1.82, 2.24) is 0 Å². The molecule has 0 aliphatic carbocycles. The molecule has 2 aromatic carbocycles. The van der Waals surface area contributed by atoms with Crippen LogP contribution in [0.1, 0.15) is 10.4 Å². The van der Waals surface area contributed by atoms with Crippen molar-refractivity contribution in [1.29, 1.82) is 0 Å². The third-order valence-electron chi connectivity index (χ3n) is 2.68. The molecule has 0 saturated carbocycles. The van der Waals surface area contributed by atoms with E-state index in [1.54, 1.807) is 0 Å². The van der Waals surface area contributed by atoms with Gasteiger partial charge in [-0.25, -0.2) is 17.6 Å². The maximum absolute atomic E-state index is 13.3. The number of hydrogen-bond acceptors (Lipinski definition) is 3. The standard InChI is InChI=1S/C13H7Br2ClFNO4S/c14-9-3-6(17)4-10(15)12(9)23(21,22)18-7-1-2-11(16)8(5-7)13(19)20/h1-5,18H,(H,19,20). The fraction of sp³-hybridized carbons (Fsp3) is 0. The molecule has 23 heavy (non-hydrogen) atoms. The van der Waals surface area contributed by atoms with Crippen LogP contribution in [-0.4, -0.2) is 19.5 Å². The monoisotopic (exact) mass is 485 g/mol. The summed E-state index contributed by atoms with van der Waals surface area (Å²) in [5, 5.41) is 8.98. The van der Waals surface area contributed by atoms with Crippen molar-refractivity contribution < 1.29 is 22.7 Å². The molecule has 0 aromatic heterocycles. The van der Waals surface area contributed by atoms with Gasteiger partial charge in [0.05, 0.1) is 10.6 Å². The molecule has 2 rings (SSSR count). The third-order valence-corrected chi connectivity index (χ3v) is 6.27. The fourth-order valence-corrected chi connectivity index (χ4v) is 5.52. The molecule has 2 N–H and O–H groups in total. The Morgan fingerprint density at radius 3 is 2.26 bits per heavy atom. The van der Waals surface area contributed by atoms with Crippen molar-refractivity contribution in [3.05, 3.63) is 55.7 Å². The average Bonchev–Trinajstić information content (AvgIpc) is 2.38. The lowest BCUT2D eigenvalue weighted by molar-refractivity contribution is 0.0697. The second-order valence-electron chi connectivity index (χ2n) is 4.30. The topological polar surface area (TPSA) is 83.5 Å². The smallest absolute Gasteiger partial charge is 0.337 e. The minimum Gasteiger partial charge on any atom is -0.478 e. The van der Waals surface area contributed by atoms with E-state index in [0.29, 0.717) is 0 Å². The lowest BCUT2D eigenvalue weighted by atomic mass is 10.2. The Labute approximate surface area is 152 Å². The van der Waals surface area contributed by atoms with Crippen LogP contribution in [0.5, 0.6) is 0 Å². The Morgan fingerprint density at radius 2 is 1.74 bits per heavy atom. The second-order valence-corrected chi connectivity index (χ2v) is 8.04. The molecule has 0 saturated heterocycles. The molecule has 0 bridgehead atoms. The normalized spacial score (nSPS) is 11.3. The molecule has 0 aliphatic rings. The predicted octanol–water partition coefficient (Wildman–Crippen LogP) is 4.50. The molecular weight excluding hydrogens is 480 g/mol. The van der Waals surface area contributed by atoms with E-state index < -0.39 is 21.8 Å². The van der Waals surface area contributed by atoms with Gasteiger partial charge in [-0.15, -0.1) is 0 Å². The second kappa shape index (κ2) is 6.76. The number of hydrogen-bond donors (Lipinski definition) is 2. The zero-order chi connectivity index (χ0) is 17.4. The van der Waals surface area contributed by atoms with E-state index in [2.05, 4.69) is 36.6 Å². The number of carboxylic acids is 1. The first-order chi connectivity index (χ1) is 10.6. The first-order valence-corrected chi connectivity index (χ1v) is 9.27. The minimum atomic E-state index is -4.09. The highest BCUT2D eigenvalue weighted by molar-refractivity contribution is 9.11. The summed E-state index contributed by atoms with van der Waals surface area (Å²) < 4.78 is 40.4. The summed E-state index contributed by atoms with van der Waals surface area (Å²) in [6, 6.07) is 5.68. The molecule has 0 atom stereocenters. The summed E-state index contributed by atoms with van der Waals surface area (Å²) in [5.41, 5.74) is -0.237. The quantitative estimate of drug-likeness (QED) is 0.665. The van der Waals surface area contributed by atoms with Gasteiger partial charge in [0.15, 0.2) is 0 Å². The van der Waals surface area contributed by atoms with E-state index in [0.717, 1.165) is 18.2 Å². The highest BCUT2D eigenvalue weighted by Gasteiger charge is 2.23. The van der Waals surface area contributed by atoms with Gasteiger partial charge in [0.1, 0.15) is 10.7 Å². The van der Waals surface area contributed by atoms with Gasteiger partial charge in [0.25, 0.3) is 10.0 Å². The predicted molar refractivity (Wildman–Crippen MR) is 91.0 cm³/mol. The molecular formula is C13H7Br2ClFNO4S. The number of nitrogens with one attached hydrogen (secondary N) is 1. The molecule has 0 unspecified atom stereocenters.